The molecule has 0 radical (unpaired) electrons. The summed E-state index contributed by atoms with van der Waals surface area (Å²) in [6, 6.07) is 0. The molecule has 1 unspecified atom stereocenters. The smallest absolute Gasteiger partial charge is 0.251 e. The van der Waals surface area contributed by atoms with Gasteiger partial charge in [-0.15, -0.1) is 11.3 Å². The number of hydrogen-bond donors (Lipinski definition) is 3. The van der Waals surface area contributed by atoms with Crippen molar-refractivity contribution in [2.75, 3.05) is 5.32 Å². The van der Waals surface area contributed by atoms with Crippen LogP contribution in [0.15, 0.2) is 0 Å². The lowest BCUT2D eigenvalue weighted by molar-refractivity contribution is -0.119. The number of nitrogens with one attached hydrogen (secondary N) is 2. The lowest BCUT2D eigenvalue weighted by atomic mass is 10.1. The molecule has 1 heterocycles. The van der Waals surface area contributed by atoms with Crippen molar-refractivity contribution in [3.63, 3.8) is 0 Å². The zero-order chi connectivity index (χ0) is 15.8. The number of fused-ring (bicyclic) bond motifs is 1. The first-order valence-electron chi connectivity index (χ1n) is 6.25. The summed E-state index contributed by atoms with van der Waals surface area (Å²) in [6.07, 6.45) is 1.75. The van der Waals surface area contributed by atoms with Gasteiger partial charge < -0.3 is 16.4 Å². The first-order chi connectivity index (χ1) is 9.70. The summed E-state index contributed by atoms with van der Waals surface area (Å²) in [5.41, 5.74) is 6.85. The fourth-order valence-electron chi connectivity index (χ4n) is 2.30. The quantitative estimate of drug-likeness (QED) is 0.562. The Morgan fingerprint density at radius 2 is 2.00 bits per heavy atom. The first-order valence-corrected chi connectivity index (χ1v) is 8.20. The number of carbonyl (C=O) groups is 2. The second kappa shape index (κ2) is 6.20. The molecule has 116 valence electrons. The Kier molecular flexibility index (Phi) is 4.92. The number of nitrogens with two attached hydrogens (primary N) is 1. The van der Waals surface area contributed by atoms with E-state index in [1.165, 1.54) is 18.3 Å². The van der Waals surface area contributed by atoms with E-state index in [0.717, 1.165) is 29.7 Å². The van der Waals surface area contributed by atoms with Crippen molar-refractivity contribution >= 4 is 63.0 Å². The average Bonchev–Trinajstić information content (AvgIpc) is 2.84. The van der Waals surface area contributed by atoms with Crippen LogP contribution in [-0.2, 0) is 17.6 Å². The van der Waals surface area contributed by atoms with E-state index in [1.54, 1.807) is 0 Å². The van der Waals surface area contributed by atoms with Crippen LogP contribution in [0.25, 0.3) is 0 Å². The van der Waals surface area contributed by atoms with E-state index >= 15 is 0 Å². The van der Waals surface area contributed by atoms with E-state index in [2.05, 4.69) is 10.6 Å². The molecule has 0 bridgehead atoms. The molecule has 0 aliphatic heterocycles. The third-order valence-corrected chi connectivity index (χ3v) is 5.00. The molecule has 5 nitrogen and oxygen atoms in total. The van der Waals surface area contributed by atoms with Gasteiger partial charge in [-0.1, -0.05) is 34.8 Å². The molecule has 0 saturated heterocycles. The molecule has 2 amide bonds. The minimum Gasteiger partial charge on any atom is -0.365 e. The number of carbonyl (C=O) groups excluding carboxylic acids is 2. The predicted molar refractivity (Wildman–Crippen MR) is 86.4 cm³/mol. The van der Waals surface area contributed by atoms with Crippen LogP contribution in [0, 0.1) is 0 Å². The highest BCUT2D eigenvalue weighted by Crippen LogP contribution is 2.40. The lowest BCUT2D eigenvalue weighted by Crippen LogP contribution is -2.48. The molecule has 9 heteroatoms. The zero-order valence-corrected chi connectivity index (χ0v) is 14.2. The third kappa shape index (κ3) is 3.74. The normalized spacial score (nSPS) is 15.4. The van der Waals surface area contributed by atoms with Crippen LogP contribution >= 0.6 is 46.1 Å². The molecule has 1 aliphatic rings. The zero-order valence-electron chi connectivity index (χ0n) is 11.1. The maximum absolute atomic E-state index is 11.7. The summed E-state index contributed by atoms with van der Waals surface area (Å²) in [7, 11) is 0. The SMILES string of the molecule is CC(=O)NC(Nc1sc2c(c1C(N)=O)CCC2)C(Cl)(Cl)Cl. The maximum Gasteiger partial charge on any atom is 0.251 e. The van der Waals surface area contributed by atoms with E-state index in [-0.39, 0.29) is 5.91 Å². The number of amides is 2. The van der Waals surface area contributed by atoms with Crippen molar-refractivity contribution in [3.8, 4) is 0 Å². The van der Waals surface area contributed by atoms with Gasteiger partial charge in [0.2, 0.25) is 9.70 Å². The fraction of sp³-hybridized carbons (Fsp3) is 0.500. The Balaban J connectivity index is 2.33. The van der Waals surface area contributed by atoms with Gasteiger partial charge in [0.25, 0.3) is 5.91 Å². The molecule has 1 aromatic rings. The number of primary amides is 1. The van der Waals surface area contributed by atoms with Crippen molar-refractivity contribution in [2.24, 2.45) is 5.73 Å². The molecule has 0 aromatic carbocycles. The molecule has 21 heavy (non-hydrogen) atoms. The van der Waals surface area contributed by atoms with Gasteiger partial charge >= 0.3 is 0 Å². The van der Waals surface area contributed by atoms with Crippen LogP contribution in [-0.4, -0.2) is 21.8 Å². The number of alkyl halides is 3. The highest BCUT2D eigenvalue weighted by Gasteiger charge is 2.35. The van der Waals surface area contributed by atoms with Crippen molar-refractivity contribution < 1.29 is 9.59 Å². The number of halogens is 3. The lowest BCUT2D eigenvalue weighted by Gasteiger charge is -2.26. The number of rotatable bonds is 4. The largest absolute Gasteiger partial charge is 0.365 e. The fourth-order valence-corrected chi connectivity index (χ4v) is 3.95. The van der Waals surface area contributed by atoms with Gasteiger partial charge in [-0.05, 0) is 24.8 Å². The number of anilines is 1. The van der Waals surface area contributed by atoms with E-state index in [1.807, 2.05) is 0 Å². The van der Waals surface area contributed by atoms with Crippen LogP contribution in [0.5, 0.6) is 0 Å². The van der Waals surface area contributed by atoms with E-state index in [4.69, 9.17) is 40.5 Å². The number of aryl methyl sites for hydroxylation is 1. The van der Waals surface area contributed by atoms with Crippen molar-refractivity contribution in [2.45, 2.75) is 36.1 Å². The Morgan fingerprint density at radius 3 is 2.52 bits per heavy atom. The second-order valence-corrected chi connectivity index (χ2v) is 8.22. The minimum atomic E-state index is -1.77. The molecule has 0 spiro atoms. The van der Waals surface area contributed by atoms with Gasteiger partial charge in [-0.3, -0.25) is 9.59 Å². The molecular formula is C12H14Cl3N3O2S. The van der Waals surface area contributed by atoms with E-state index in [0.29, 0.717) is 10.6 Å². The topological polar surface area (TPSA) is 84.2 Å². The molecule has 0 fully saturated rings. The summed E-state index contributed by atoms with van der Waals surface area (Å²) in [6.45, 7) is 1.31. The average molecular weight is 371 g/mol. The molecule has 4 N–H and O–H groups in total. The third-order valence-electron chi connectivity index (χ3n) is 3.12. The summed E-state index contributed by atoms with van der Waals surface area (Å²) >= 11 is 19.0. The highest BCUT2D eigenvalue weighted by atomic mass is 35.6. The standard InChI is InChI=1S/C12H14Cl3N3O2S/c1-5(19)17-11(12(13,14)15)18-10-8(9(16)20)6-3-2-4-7(6)21-10/h11,18H,2-4H2,1H3,(H2,16,20)(H,17,19). The van der Waals surface area contributed by atoms with Crippen LogP contribution in [0.2, 0.25) is 0 Å². The van der Waals surface area contributed by atoms with Crippen LogP contribution in [0.1, 0.15) is 34.1 Å². The molecule has 1 atom stereocenters. The molecular weight excluding hydrogens is 357 g/mol. The van der Waals surface area contributed by atoms with Gasteiger partial charge in [0, 0.05) is 11.8 Å². The molecule has 2 rings (SSSR count). The highest BCUT2D eigenvalue weighted by molar-refractivity contribution is 7.16. The van der Waals surface area contributed by atoms with Gasteiger partial charge in [0.05, 0.1) is 5.56 Å². The van der Waals surface area contributed by atoms with Gasteiger partial charge in [-0.2, -0.15) is 0 Å². The summed E-state index contributed by atoms with van der Waals surface area (Å²) in [5, 5.41) is 5.95. The van der Waals surface area contributed by atoms with Crippen molar-refractivity contribution in [1.82, 2.24) is 5.32 Å². The van der Waals surface area contributed by atoms with Gasteiger partial charge in [0.1, 0.15) is 11.2 Å². The summed E-state index contributed by atoms with van der Waals surface area (Å²) < 4.78 is -1.77. The molecule has 1 aliphatic carbocycles. The Bertz CT molecular complexity index is 583. The number of hydrogen-bond acceptors (Lipinski definition) is 4. The molecule has 1 aromatic heterocycles. The molecule has 0 saturated carbocycles. The Labute approximate surface area is 141 Å². The Hall–Kier alpha value is -0.690. The van der Waals surface area contributed by atoms with Crippen LogP contribution in [0.4, 0.5) is 5.00 Å². The Morgan fingerprint density at radius 1 is 1.33 bits per heavy atom. The van der Waals surface area contributed by atoms with Crippen molar-refractivity contribution in [3.05, 3.63) is 16.0 Å². The summed E-state index contributed by atoms with van der Waals surface area (Å²) in [4.78, 5) is 24.0. The van der Waals surface area contributed by atoms with Crippen LogP contribution in [0.3, 0.4) is 0 Å². The van der Waals surface area contributed by atoms with Crippen molar-refractivity contribution in [1.29, 1.82) is 0 Å². The maximum atomic E-state index is 11.7. The van der Waals surface area contributed by atoms with E-state index < -0.39 is 15.9 Å². The summed E-state index contributed by atoms with van der Waals surface area (Å²) in [5.74, 6) is -0.883. The monoisotopic (exact) mass is 369 g/mol. The second-order valence-electron chi connectivity index (χ2n) is 4.75. The van der Waals surface area contributed by atoms with Gasteiger partial charge in [-0.25, -0.2) is 0 Å². The predicted octanol–water partition coefficient (Wildman–Crippen LogP) is 2.58. The van der Waals surface area contributed by atoms with Crippen LogP contribution < -0.4 is 16.4 Å². The van der Waals surface area contributed by atoms with E-state index in [9.17, 15) is 9.59 Å². The van der Waals surface area contributed by atoms with Gasteiger partial charge in [0.15, 0.2) is 0 Å². The minimum absolute atomic E-state index is 0.358. The first kappa shape index (κ1) is 16.7. The number of thiophene rings is 1.